The van der Waals surface area contributed by atoms with Gasteiger partial charge in [-0.2, -0.15) is 0 Å². The van der Waals surface area contributed by atoms with Crippen LogP contribution in [0.25, 0.3) is 10.9 Å². The van der Waals surface area contributed by atoms with Crippen molar-refractivity contribution in [3.05, 3.63) is 102 Å². The van der Waals surface area contributed by atoms with Crippen LogP contribution in [-0.2, 0) is 24.3 Å². The first-order chi connectivity index (χ1) is 16.3. The van der Waals surface area contributed by atoms with E-state index >= 15 is 0 Å². The number of aromatic nitrogens is 2. The number of rotatable bonds is 7. The molecule has 0 amide bonds. The normalized spacial score (nSPS) is 17.0. The Labute approximate surface area is 195 Å². The predicted molar refractivity (Wildman–Crippen MR) is 130 cm³/mol. The molecule has 0 spiro atoms. The van der Waals surface area contributed by atoms with Crippen molar-refractivity contribution < 1.29 is 9.47 Å². The minimum absolute atomic E-state index is 0.447. The Morgan fingerprint density at radius 1 is 0.939 bits per heavy atom. The summed E-state index contributed by atoms with van der Waals surface area (Å²) < 4.78 is 12.1. The molecule has 5 heteroatoms. The molecular formula is C28H29N3O2. The largest absolute Gasteiger partial charge is 0.487 e. The maximum atomic E-state index is 6.13. The average Bonchev–Trinajstić information content (AvgIpc) is 3.09. The van der Waals surface area contributed by atoms with Gasteiger partial charge in [0.15, 0.2) is 0 Å². The molecule has 5 rings (SSSR count). The molecule has 0 aliphatic carbocycles. The van der Waals surface area contributed by atoms with E-state index in [0.29, 0.717) is 12.5 Å². The van der Waals surface area contributed by atoms with Gasteiger partial charge in [-0.1, -0.05) is 36.4 Å². The molecular weight excluding hydrogens is 410 g/mol. The maximum Gasteiger partial charge on any atom is 0.130 e. The van der Waals surface area contributed by atoms with Gasteiger partial charge in [0.05, 0.1) is 24.4 Å². The quantitative estimate of drug-likeness (QED) is 0.410. The zero-order chi connectivity index (χ0) is 22.3. The molecule has 168 valence electrons. The number of hydrogen-bond acceptors (Lipinski definition) is 5. The minimum atomic E-state index is 0.447. The lowest BCUT2D eigenvalue weighted by Crippen LogP contribution is -2.30. The molecule has 1 atom stereocenters. The monoisotopic (exact) mass is 439 g/mol. The van der Waals surface area contributed by atoms with Gasteiger partial charge < -0.3 is 9.47 Å². The third-order valence-electron chi connectivity index (χ3n) is 6.08. The lowest BCUT2D eigenvalue weighted by atomic mass is 9.98. The molecule has 33 heavy (non-hydrogen) atoms. The van der Waals surface area contributed by atoms with Gasteiger partial charge in [0.2, 0.25) is 0 Å². The lowest BCUT2D eigenvalue weighted by molar-refractivity contribution is 0.121. The van der Waals surface area contributed by atoms with Crippen LogP contribution in [0.2, 0.25) is 0 Å². The fourth-order valence-electron chi connectivity index (χ4n) is 4.46. The summed E-state index contributed by atoms with van der Waals surface area (Å²) in [6.07, 6.45) is 4.64. The number of nitrogens with zero attached hydrogens (tertiary/aromatic N) is 3. The molecule has 5 nitrogen and oxygen atoms in total. The molecule has 0 saturated carbocycles. The smallest absolute Gasteiger partial charge is 0.130 e. The minimum Gasteiger partial charge on any atom is -0.487 e. The van der Waals surface area contributed by atoms with Crippen LogP contribution in [0.1, 0.15) is 16.8 Å². The highest BCUT2D eigenvalue weighted by molar-refractivity contribution is 5.78. The molecule has 2 aromatic carbocycles. The van der Waals surface area contributed by atoms with Gasteiger partial charge in [0.1, 0.15) is 12.4 Å². The summed E-state index contributed by atoms with van der Waals surface area (Å²) >= 11 is 0. The number of benzene rings is 2. The Morgan fingerprint density at radius 2 is 1.85 bits per heavy atom. The van der Waals surface area contributed by atoms with Gasteiger partial charge in [-0.3, -0.25) is 14.9 Å². The highest BCUT2D eigenvalue weighted by atomic mass is 16.5. The van der Waals surface area contributed by atoms with Crippen LogP contribution in [0.3, 0.4) is 0 Å². The van der Waals surface area contributed by atoms with E-state index in [0.717, 1.165) is 56.2 Å². The van der Waals surface area contributed by atoms with Crippen molar-refractivity contribution in [2.45, 2.75) is 19.6 Å². The SMILES string of the molecule is c1ccc(COc2ccccc2CN2CCOC[C@@H](Cc3ccc4ncccc4c3)C2)nc1. The van der Waals surface area contributed by atoms with Gasteiger partial charge in [-0.05, 0) is 54.3 Å². The van der Waals surface area contributed by atoms with Crippen LogP contribution < -0.4 is 4.74 Å². The highest BCUT2D eigenvalue weighted by Gasteiger charge is 2.20. The summed E-state index contributed by atoms with van der Waals surface area (Å²) in [6, 6.07) is 24.9. The van der Waals surface area contributed by atoms with Gasteiger partial charge in [0.25, 0.3) is 0 Å². The van der Waals surface area contributed by atoms with Crippen LogP contribution in [0, 0.1) is 5.92 Å². The van der Waals surface area contributed by atoms with Crippen LogP contribution in [0.5, 0.6) is 5.75 Å². The number of fused-ring (bicyclic) bond motifs is 1. The molecule has 2 aromatic heterocycles. The second-order valence-corrected chi connectivity index (χ2v) is 8.63. The number of para-hydroxylation sites is 1. The summed E-state index contributed by atoms with van der Waals surface area (Å²) in [5.74, 6) is 1.37. The van der Waals surface area contributed by atoms with Crippen LogP contribution in [0.4, 0.5) is 0 Å². The zero-order valence-electron chi connectivity index (χ0n) is 18.8. The van der Waals surface area contributed by atoms with Gasteiger partial charge in [0, 0.05) is 43.0 Å². The Hall–Kier alpha value is -3.28. The molecule has 1 aliphatic rings. The van der Waals surface area contributed by atoms with E-state index in [1.807, 2.05) is 42.6 Å². The van der Waals surface area contributed by atoms with Gasteiger partial charge in [-0.15, -0.1) is 0 Å². The maximum absolute atomic E-state index is 6.13. The second-order valence-electron chi connectivity index (χ2n) is 8.63. The van der Waals surface area contributed by atoms with Crippen LogP contribution in [0.15, 0.2) is 85.2 Å². The van der Waals surface area contributed by atoms with Crippen molar-refractivity contribution in [2.24, 2.45) is 5.92 Å². The fraction of sp³-hybridized carbons (Fsp3) is 0.286. The summed E-state index contributed by atoms with van der Waals surface area (Å²) in [7, 11) is 0. The molecule has 4 aromatic rings. The topological polar surface area (TPSA) is 47.5 Å². The third-order valence-corrected chi connectivity index (χ3v) is 6.08. The average molecular weight is 440 g/mol. The Balaban J connectivity index is 1.25. The summed E-state index contributed by atoms with van der Waals surface area (Å²) in [6.45, 7) is 4.79. The Kier molecular flexibility index (Phi) is 6.90. The van der Waals surface area contributed by atoms with E-state index in [1.54, 1.807) is 6.20 Å². The van der Waals surface area contributed by atoms with Crippen molar-refractivity contribution in [2.75, 3.05) is 26.3 Å². The Bertz CT molecular complexity index is 1180. The summed E-state index contributed by atoms with van der Waals surface area (Å²) in [4.78, 5) is 11.3. The lowest BCUT2D eigenvalue weighted by Gasteiger charge is -2.24. The fourth-order valence-corrected chi connectivity index (χ4v) is 4.46. The van der Waals surface area contributed by atoms with E-state index in [2.05, 4.69) is 51.3 Å². The number of pyridine rings is 2. The first-order valence-corrected chi connectivity index (χ1v) is 11.6. The summed E-state index contributed by atoms with van der Waals surface area (Å²) in [5.41, 5.74) is 4.51. The van der Waals surface area contributed by atoms with Crippen LogP contribution in [-0.4, -0.2) is 41.2 Å². The number of hydrogen-bond donors (Lipinski definition) is 0. The molecule has 1 aliphatic heterocycles. The Morgan fingerprint density at radius 3 is 2.79 bits per heavy atom. The molecule has 3 heterocycles. The second kappa shape index (κ2) is 10.6. The van der Waals surface area contributed by atoms with E-state index in [-0.39, 0.29) is 0 Å². The van der Waals surface area contributed by atoms with Crippen LogP contribution >= 0.6 is 0 Å². The zero-order valence-corrected chi connectivity index (χ0v) is 18.8. The first-order valence-electron chi connectivity index (χ1n) is 11.6. The van der Waals surface area contributed by atoms with E-state index in [9.17, 15) is 0 Å². The molecule has 1 fully saturated rings. The molecule has 1 saturated heterocycles. The van der Waals surface area contributed by atoms with Crippen molar-refractivity contribution in [1.82, 2.24) is 14.9 Å². The van der Waals surface area contributed by atoms with Crippen molar-refractivity contribution in [3.8, 4) is 5.75 Å². The predicted octanol–water partition coefficient (Wildman–Crippen LogP) is 4.90. The molecule has 0 bridgehead atoms. The standard InChI is InChI=1S/C28H29N3O2/c1-2-9-28(33-21-26-8-3-4-12-29-26)25(6-1)19-31-14-15-32-20-23(18-31)16-22-10-11-27-24(17-22)7-5-13-30-27/h1-13,17,23H,14-16,18-21H2/t23-/m0/s1. The highest BCUT2D eigenvalue weighted by Crippen LogP contribution is 2.23. The van der Waals surface area contributed by atoms with E-state index in [1.165, 1.54) is 16.5 Å². The third kappa shape index (κ3) is 5.75. The van der Waals surface area contributed by atoms with E-state index in [4.69, 9.17) is 9.47 Å². The molecule has 0 unspecified atom stereocenters. The molecule has 0 N–H and O–H groups in total. The van der Waals surface area contributed by atoms with E-state index < -0.39 is 0 Å². The number of ether oxygens (including phenoxy) is 2. The first kappa shape index (κ1) is 21.6. The molecule has 0 radical (unpaired) electrons. The van der Waals surface area contributed by atoms with Gasteiger partial charge >= 0.3 is 0 Å². The van der Waals surface area contributed by atoms with Crippen molar-refractivity contribution in [1.29, 1.82) is 0 Å². The van der Waals surface area contributed by atoms with Crippen molar-refractivity contribution in [3.63, 3.8) is 0 Å². The van der Waals surface area contributed by atoms with Gasteiger partial charge in [-0.25, -0.2) is 0 Å². The van der Waals surface area contributed by atoms with Crippen molar-refractivity contribution >= 4 is 10.9 Å². The summed E-state index contributed by atoms with van der Waals surface area (Å²) in [5, 5.41) is 1.19.